The Balaban J connectivity index is -0.00000000889. The minimum Gasteiger partial charge on any atom is -0.379 e. The van der Waals surface area contributed by atoms with E-state index in [-0.39, 0.29) is 32.7 Å². The molecule has 0 aliphatic heterocycles. The summed E-state index contributed by atoms with van der Waals surface area (Å²) in [6.45, 7) is 0. The molecule has 0 amide bonds. The van der Waals surface area contributed by atoms with Gasteiger partial charge in [0.15, 0.2) is 10.7 Å². The van der Waals surface area contributed by atoms with Crippen LogP contribution in [0.25, 0.3) is 0 Å². The molecule has 0 aliphatic rings. The zero-order chi connectivity index (χ0) is 5.41. The molecule has 0 aromatic carbocycles. The van der Waals surface area contributed by atoms with Gasteiger partial charge in [-0.2, -0.15) is 0 Å². The van der Waals surface area contributed by atoms with Crippen LogP contribution in [0.3, 0.4) is 0 Å². The average Bonchev–Trinajstić information content (AvgIpc) is 1.39. The Hall–Kier alpha value is -0.618. The van der Waals surface area contributed by atoms with Gasteiger partial charge >= 0.3 is 0 Å². The second-order valence-corrected chi connectivity index (χ2v) is 0.163. The molecule has 0 spiro atoms. The molecular formula is H8N4O4Pd. The van der Waals surface area contributed by atoms with Gasteiger partial charge in [-0.25, -0.2) is 0 Å². The van der Waals surface area contributed by atoms with Gasteiger partial charge in [-0.05, 0) is 0 Å². The van der Waals surface area contributed by atoms with E-state index >= 15 is 0 Å². The first-order chi connectivity index (χ1) is 2.83. The van der Waals surface area contributed by atoms with Crippen molar-refractivity contribution in [1.29, 1.82) is 0 Å². The number of hydrogen-bond acceptors (Lipinski definition) is 6. The molecule has 0 fully saturated rings. The van der Waals surface area contributed by atoms with Gasteiger partial charge in [0.25, 0.3) is 0 Å². The van der Waals surface area contributed by atoms with Gasteiger partial charge in [-0.1, -0.05) is 0 Å². The first-order valence-electron chi connectivity index (χ1n) is 0.765. The van der Waals surface area contributed by atoms with E-state index in [1.807, 2.05) is 0 Å². The fraction of sp³-hybridized carbons (Fsp3) is 0. The third kappa shape index (κ3) is 561. The maximum atomic E-state index is 8.11. The molecule has 0 atom stereocenters. The Morgan fingerprint density at radius 1 is 0.889 bits per heavy atom. The summed E-state index contributed by atoms with van der Waals surface area (Å²) >= 11 is 0. The third-order valence-electron chi connectivity index (χ3n) is 0. The predicted octanol–water partition coefficient (Wildman–Crippen LogP) is 0.605. The largest absolute Gasteiger partial charge is 0.379 e. The SMILES string of the molecule is N.N.O=NO.O=NO.[Pd]. The molecule has 0 aromatic rings. The zero-order valence-electron chi connectivity index (χ0n) is 4.34. The summed E-state index contributed by atoms with van der Waals surface area (Å²) in [7, 11) is 0. The van der Waals surface area contributed by atoms with Crippen molar-refractivity contribution in [3.8, 4) is 0 Å². The summed E-state index contributed by atoms with van der Waals surface area (Å²) in [6, 6.07) is 0. The topological polar surface area (TPSA) is 169 Å². The second-order valence-electron chi connectivity index (χ2n) is 0.163. The van der Waals surface area contributed by atoms with Crippen LogP contribution in [-0.4, -0.2) is 10.4 Å². The van der Waals surface area contributed by atoms with Gasteiger partial charge in [0, 0.05) is 20.4 Å². The summed E-state index contributed by atoms with van der Waals surface area (Å²) in [5, 5.41) is 15.8. The van der Waals surface area contributed by atoms with Gasteiger partial charge < -0.3 is 22.7 Å². The fourth-order valence-electron chi connectivity index (χ4n) is 0. The Kier molecular flexibility index (Phi) is 698. The summed E-state index contributed by atoms with van der Waals surface area (Å²) in [5.74, 6) is 0. The van der Waals surface area contributed by atoms with Crippen LogP contribution in [0.15, 0.2) is 10.7 Å². The standard InChI is InChI=1S/2HNO2.2H3N.Pd/c2*2-1-3;;;/h2*(H,2,3);2*1H3;. The normalized spacial score (nSPS) is 2.67. The summed E-state index contributed by atoms with van der Waals surface area (Å²) < 4.78 is 0. The van der Waals surface area contributed by atoms with Crippen molar-refractivity contribution in [2.24, 2.45) is 10.7 Å². The maximum absolute atomic E-state index is 8.11. The Labute approximate surface area is 64.3 Å². The minimum absolute atomic E-state index is 0. The number of nitrogens with zero attached hydrogens (tertiary/aromatic N) is 2. The molecule has 0 saturated heterocycles. The molecule has 0 aromatic heterocycles. The van der Waals surface area contributed by atoms with Gasteiger partial charge in [0.1, 0.15) is 0 Å². The molecule has 8 nitrogen and oxygen atoms in total. The molecule has 0 unspecified atom stereocenters. The molecule has 0 radical (unpaired) electrons. The summed E-state index contributed by atoms with van der Waals surface area (Å²) in [6.07, 6.45) is 0. The quantitative estimate of drug-likeness (QED) is 0.272. The van der Waals surface area contributed by atoms with E-state index in [0.717, 1.165) is 0 Å². The molecule has 8 N–H and O–H groups in total. The van der Waals surface area contributed by atoms with Crippen molar-refractivity contribution in [1.82, 2.24) is 12.3 Å². The van der Waals surface area contributed by atoms with Crippen LogP contribution >= 0.6 is 0 Å². The Morgan fingerprint density at radius 3 is 0.889 bits per heavy atom. The molecule has 62 valence electrons. The van der Waals surface area contributed by atoms with E-state index in [0.29, 0.717) is 0 Å². The van der Waals surface area contributed by atoms with E-state index in [1.165, 1.54) is 10.7 Å². The third-order valence-corrected chi connectivity index (χ3v) is 0. The van der Waals surface area contributed by atoms with Gasteiger partial charge in [-0.3, -0.25) is 0 Å². The van der Waals surface area contributed by atoms with Crippen LogP contribution in [-0.2, 0) is 20.4 Å². The van der Waals surface area contributed by atoms with Crippen LogP contribution in [0.5, 0.6) is 0 Å². The van der Waals surface area contributed by atoms with E-state index < -0.39 is 0 Å². The second kappa shape index (κ2) is 157. The molecular weight excluding hydrogens is 226 g/mol. The van der Waals surface area contributed by atoms with Crippen LogP contribution in [0.1, 0.15) is 0 Å². The predicted molar refractivity (Wildman–Crippen MR) is 25.2 cm³/mol. The summed E-state index contributed by atoms with van der Waals surface area (Å²) in [4.78, 5) is 16.2. The molecule has 0 saturated carbocycles. The van der Waals surface area contributed by atoms with Gasteiger partial charge in [0.05, 0.1) is 0 Å². The maximum Gasteiger partial charge on any atom is 0.152 e. The minimum atomic E-state index is 0. The molecule has 0 bridgehead atoms. The van der Waals surface area contributed by atoms with Crippen LogP contribution in [0.2, 0.25) is 0 Å². The molecule has 9 heavy (non-hydrogen) atoms. The van der Waals surface area contributed by atoms with E-state index in [2.05, 4.69) is 0 Å². The van der Waals surface area contributed by atoms with Crippen LogP contribution in [0.4, 0.5) is 0 Å². The van der Waals surface area contributed by atoms with E-state index in [4.69, 9.17) is 20.2 Å². The first-order valence-corrected chi connectivity index (χ1v) is 0.765. The van der Waals surface area contributed by atoms with Gasteiger partial charge in [-0.15, -0.1) is 9.81 Å². The monoisotopic (exact) mass is 234 g/mol. The summed E-state index contributed by atoms with van der Waals surface area (Å²) in [5.41, 5.74) is 0. The molecule has 0 heterocycles. The Bertz CT molecular complexity index is 33.5. The van der Waals surface area contributed by atoms with Crippen molar-refractivity contribution in [3.05, 3.63) is 9.81 Å². The fourth-order valence-corrected chi connectivity index (χ4v) is 0. The molecule has 0 aliphatic carbocycles. The van der Waals surface area contributed by atoms with Gasteiger partial charge in [0.2, 0.25) is 0 Å². The molecule has 9 heteroatoms. The number of hydrogen-bond donors (Lipinski definition) is 4. The van der Waals surface area contributed by atoms with E-state index in [1.54, 1.807) is 0 Å². The van der Waals surface area contributed by atoms with Crippen molar-refractivity contribution < 1.29 is 30.8 Å². The van der Waals surface area contributed by atoms with Crippen molar-refractivity contribution in [2.75, 3.05) is 0 Å². The smallest absolute Gasteiger partial charge is 0.152 e. The van der Waals surface area contributed by atoms with Crippen LogP contribution in [0, 0.1) is 9.81 Å². The van der Waals surface area contributed by atoms with E-state index in [9.17, 15) is 0 Å². The zero-order valence-corrected chi connectivity index (χ0v) is 5.89. The van der Waals surface area contributed by atoms with Crippen molar-refractivity contribution >= 4 is 0 Å². The molecule has 0 rings (SSSR count). The Morgan fingerprint density at radius 2 is 0.889 bits per heavy atom. The number of rotatable bonds is 0. The average molecular weight is 235 g/mol. The first kappa shape index (κ1) is 39.9. The van der Waals surface area contributed by atoms with Crippen molar-refractivity contribution in [3.63, 3.8) is 0 Å². The van der Waals surface area contributed by atoms with Crippen molar-refractivity contribution in [2.45, 2.75) is 0 Å². The van der Waals surface area contributed by atoms with Crippen LogP contribution < -0.4 is 12.3 Å².